The lowest BCUT2D eigenvalue weighted by atomic mass is 10.1. The van der Waals surface area contributed by atoms with Crippen LogP contribution in [0.15, 0.2) is 53.6 Å². The maximum absolute atomic E-state index is 13.3. The quantitative estimate of drug-likeness (QED) is 0.497. The first kappa shape index (κ1) is 23.8. The summed E-state index contributed by atoms with van der Waals surface area (Å²) in [6, 6.07) is 10.6. The molecule has 1 aromatic heterocycles. The van der Waals surface area contributed by atoms with Crippen molar-refractivity contribution >= 4 is 32.7 Å². The number of fused-ring (bicyclic) bond motifs is 1. The van der Waals surface area contributed by atoms with Crippen LogP contribution in [0.2, 0.25) is 0 Å². The molecule has 0 unspecified atom stereocenters. The minimum Gasteiger partial charge on any atom is -0.504 e. The van der Waals surface area contributed by atoms with Crippen LogP contribution < -0.4 is 0 Å². The average Bonchev–Trinajstić information content (AvgIpc) is 3.49. The molecular weight excluding hydrogens is 458 g/mol. The van der Waals surface area contributed by atoms with Crippen molar-refractivity contribution in [3.8, 4) is 11.5 Å². The molecule has 0 atom stereocenters. The summed E-state index contributed by atoms with van der Waals surface area (Å²) in [4.78, 5) is 27.1. The molecule has 180 valence electrons. The molecule has 1 aliphatic rings. The third-order valence-corrected chi connectivity index (χ3v) is 7.99. The molecule has 2 heterocycles. The summed E-state index contributed by atoms with van der Waals surface area (Å²) in [6.45, 7) is 2.46. The maximum Gasteiger partial charge on any atom is 0.243 e. The first-order chi connectivity index (χ1) is 16.2. The number of nitrogens with zero attached hydrogens (tertiary/aromatic N) is 3. The van der Waals surface area contributed by atoms with Gasteiger partial charge in [-0.15, -0.1) is 0 Å². The van der Waals surface area contributed by atoms with Crippen LogP contribution in [0.25, 0.3) is 10.9 Å². The summed E-state index contributed by atoms with van der Waals surface area (Å²) < 4.78 is 29.1. The van der Waals surface area contributed by atoms with E-state index in [-0.39, 0.29) is 29.7 Å². The molecule has 1 fully saturated rings. The van der Waals surface area contributed by atoms with Crippen molar-refractivity contribution in [1.29, 1.82) is 0 Å². The Hall–Kier alpha value is -3.37. The molecule has 2 aromatic carbocycles. The van der Waals surface area contributed by atoms with Crippen molar-refractivity contribution in [3.05, 3.63) is 54.2 Å². The monoisotopic (exact) mass is 485 g/mol. The molecule has 10 heteroatoms. The fourth-order valence-corrected chi connectivity index (χ4v) is 5.60. The summed E-state index contributed by atoms with van der Waals surface area (Å²) >= 11 is 0. The summed E-state index contributed by atoms with van der Waals surface area (Å²) in [5, 5.41) is 20.3. The number of sulfonamides is 1. The van der Waals surface area contributed by atoms with E-state index >= 15 is 0 Å². The van der Waals surface area contributed by atoms with Gasteiger partial charge in [-0.3, -0.25) is 14.2 Å². The molecule has 1 amide bonds. The van der Waals surface area contributed by atoms with Crippen LogP contribution >= 0.6 is 0 Å². The highest BCUT2D eigenvalue weighted by molar-refractivity contribution is 7.89. The largest absolute Gasteiger partial charge is 0.504 e. The topological polar surface area (TPSA) is 120 Å². The summed E-state index contributed by atoms with van der Waals surface area (Å²) in [7, 11) is -4.23. The molecule has 1 aliphatic heterocycles. The third kappa shape index (κ3) is 4.64. The number of amides is 1. The number of carbonyl (C=O) groups excluding carboxylic acids is 2. The van der Waals surface area contributed by atoms with E-state index in [1.807, 2.05) is 31.2 Å². The predicted molar refractivity (Wildman–Crippen MR) is 126 cm³/mol. The van der Waals surface area contributed by atoms with Gasteiger partial charge in [0.25, 0.3) is 0 Å². The molecule has 4 rings (SSSR count). The number of carbonyl (C=O) groups is 2. The van der Waals surface area contributed by atoms with Crippen LogP contribution in [-0.4, -0.2) is 70.4 Å². The molecule has 0 saturated carbocycles. The van der Waals surface area contributed by atoms with E-state index in [0.717, 1.165) is 51.8 Å². The highest BCUT2D eigenvalue weighted by Crippen LogP contribution is 2.29. The number of hydrogen-bond acceptors (Lipinski definition) is 6. The van der Waals surface area contributed by atoms with Crippen molar-refractivity contribution in [1.82, 2.24) is 13.8 Å². The van der Waals surface area contributed by atoms with E-state index in [1.54, 1.807) is 11.1 Å². The third-order valence-electron chi connectivity index (χ3n) is 6.15. The van der Waals surface area contributed by atoms with Gasteiger partial charge in [0, 0.05) is 43.7 Å². The molecule has 1 saturated heterocycles. The van der Waals surface area contributed by atoms with Gasteiger partial charge in [0.05, 0.1) is 17.0 Å². The predicted octanol–water partition coefficient (Wildman–Crippen LogP) is 2.70. The zero-order valence-electron chi connectivity index (χ0n) is 18.8. The first-order valence-electron chi connectivity index (χ1n) is 11.1. The van der Waals surface area contributed by atoms with Crippen LogP contribution in [-0.2, 0) is 14.8 Å². The second-order valence-electron chi connectivity index (χ2n) is 8.41. The Kier molecular flexibility index (Phi) is 6.63. The summed E-state index contributed by atoms with van der Waals surface area (Å²) in [5.41, 5.74) is 1.76. The van der Waals surface area contributed by atoms with Crippen LogP contribution in [0.4, 0.5) is 0 Å². The summed E-state index contributed by atoms with van der Waals surface area (Å²) in [5.74, 6) is -1.68. The smallest absolute Gasteiger partial charge is 0.243 e. The van der Waals surface area contributed by atoms with Crippen LogP contribution in [0.3, 0.4) is 0 Å². The molecule has 34 heavy (non-hydrogen) atoms. The van der Waals surface area contributed by atoms with E-state index in [0.29, 0.717) is 13.1 Å². The van der Waals surface area contributed by atoms with Crippen LogP contribution in [0.5, 0.6) is 11.5 Å². The van der Waals surface area contributed by atoms with E-state index in [2.05, 4.69) is 0 Å². The average molecular weight is 486 g/mol. The zero-order valence-corrected chi connectivity index (χ0v) is 19.7. The van der Waals surface area contributed by atoms with Crippen LogP contribution in [0, 0.1) is 6.92 Å². The van der Waals surface area contributed by atoms with Gasteiger partial charge in [0.1, 0.15) is 0 Å². The maximum atomic E-state index is 13.3. The Labute approximate surface area is 197 Å². The number of benzene rings is 2. The van der Waals surface area contributed by atoms with Gasteiger partial charge in [0.15, 0.2) is 11.5 Å². The Morgan fingerprint density at radius 1 is 1.00 bits per heavy atom. The number of hydrogen-bond donors (Lipinski definition) is 2. The molecule has 9 nitrogen and oxygen atoms in total. The molecule has 0 bridgehead atoms. The Balaban J connectivity index is 1.59. The molecule has 3 aromatic rings. The fourth-order valence-electron chi connectivity index (χ4n) is 4.19. The van der Waals surface area contributed by atoms with Gasteiger partial charge in [-0.2, -0.15) is 4.31 Å². The number of aryl methyl sites for hydroxylation is 1. The number of rotatable bonds is 7. The minimum atomic E-state index is -4.23. The second kappa shape index (κ2) is 9.47. The standard InChI is InChI=1S/C24H27N3O6S/c1-17-5-4-6-20-19(17)9-14-27(20)23(30)10-13-26(16-24(31)25-11-2-3-12-25)34(32,33)18-7-8-21(28)22(29)15-18/h4-9,14-15,28-29H,2-3,10-13,16H2,1H3. The molecule has 2 N–H and O–H groups in total. The van der Waals surface area contributed by atoms with Crippen molar-refractivity contribution in [3.63, 3.8) is 0 Å². The lowest BCUT2D eigenvalue weighted by molar-refractivity contribution is -0.130. The molecule has 0 aliphatic carbocycles. The number of aromatic hydroxyl groups is 2. The van der Waals surface area contributed by atoms with E-state index < -0.39 is 28.1 Å². The number of phenols is 2. The number of likely N-dealkylation sites (tertiary alicyclic amines) is 1. The van der Waals surface area contributed by atoms with Gasteiger partial charge < -0.3 is 15.1 Å². The Bertz CT molecular complexity index is 1340. The van der Waals surface area contributed by atoms with Gasteiger partial charge in [-0.05, 0) is 49.6 Å². The van der Waals surface area contributed by atoms with Crippen molar-refractivity contribution in [2.24, 2.45) is 0 Å². The molecule has 0 spiro atoms. The first-order valence-corrected chi connectivity index (χ1v) is 12.5. The van der Waals surface area contributed by atoms with Gasteiger partial charge >= 0.3 is 0 Å². The van der Waals surface area contributed by atoms with Crippen LogP contribution in [0.1, 0.15) is 29.6 Å². The Morgan fingerprint density at radius 2 is 1.74 bits per heavy atom. The Morgan fingerprint density at radius 3 is 2.44 bits per heavy atom. The normalized spacial score (nSPS) is 14.2. The lowest BCUT2D eigenvalue weighted by Gasteiger charge is -2.24. The number of phenolic OH excluding ortho intramolecular Hbond substituents is 2. The van der Waals surface area contributed by atoms with Crippen molar-refractivity contribution in [2.45, 2.75) is 31.1 Å². The fraction of sp³-hybridized carbons (Fsp3) is 0.333. The SMILES string of the molecule is Cc1cccc2c1ccn2C(=O)CCN(CC(=O)N1CCCC1)S(=O)(=O)c1ccc(O)c(O)c1. The highest BCUT2D eigenvalue weighted by atomic mass is 32.2. The van der Waals surface area contributed by atoms with E-state index in [1.165, 1.54) is 4.57 Å². The zero-order chi connectivity index (χ0) is 24.5. The number of aromatic nitrogens is 1. The summed E-state index contributed by atoms with van der Waals surface area (Å²) in [6.07, 6.45) is 3.24. The highest BCUT2D eigenvalue weighted by Gasteiger charge is 2.30. The van der Waals surface area contributed by atoms with Gasteiger partial charge in [-0.1, -0.05) is 12.1 Å². The van der Waals surface area contributed by atoms with Gasteiger partial charge in [-0.25, -0.2) is 8.42 Å². The van der Waals surface area contributed by atoms with E-state index in [4.69, 9.17) is 0 Å². The van der Waals surface area contributed by atoms with Gasteiger partial charge in [0.2, 0.25) is 21.8 Å². The minimum absolute atomic E-state index is 0.145. The lowest BCUT2D eigenvalue weighted by Crippen LogP contribution is -2.42. The van der Waals surface area contributed by atoms with Crippen molar-refractivity contribution in [2.75, 3.05) is 26.2 Å². The second-order valence-corrected chi connectivity index (χ2v) is 10.4. The molecule has 0 radical (unpaired) electrons. The van der Waals surface area contributed by atoms with E-state index in [9.17, 15) is 28.2 Å². The van der Waals surface area contributed by atoms with Crippen molar-refractivity contribution < 1.29 is 28.2 Å². The molecular formula is C24H27N3O6S.